The molecule has 0 saturated carbocycles. The molecule has 2 amide bonds. The number of carbonyl (C=O) groups is 3. The van der Waals surface area contributed by atoms with E-state index in [0.29, 0.717) is 6.42 Å². The molecule has 1 aliphatic heterocycles. The number of hydrogen-bond acceptors (Lipinski definition) is 6. The van der Waals surface area contributed by atoms with Crippen molar-refractivity contribution in [3.8, 4) is 0 Å². The van der Waals surface area contributed by atoms with Crippen molar-refractivity contribution in [1.29, 1.82) is 0 Å². The van der Waals surface area contributed by atoms with E-state index in [2.05, 4.69) is 4.84 Å². The maximum absolute atomic E-state index is 11.5. The molecule has 8 nitrogen and oxygen atoms in total. The van der Waals surface area contributed by atoms with Crippen molar-refractivity contribution < 1.29 is 32.2 Å². The molecule has 1 fully saturated rings. The second kappa shape index (κ2) is 5.44. The zero-order valence-electron chi connectivity index (χ0n) is 9.66. The molecule has 0 aromatic carbocycles. The van der Waals surface area contributed by atoms with Crippen LogP contribution in [-0.2, 0) is 29.3 Å². The van der Waals surface area contributed by atoms with Gasteiger partial charge in [-0.15, -0.1) is 5.06 Å². The molecule has 0 radical (unpaired) electrons. The second-order valence-electron chi connectivity index (χ2n) is 3.78. The van der Waals surface area contributed by atoms with Gasteiger partial charge in [0, 0.05) is 12.8 Å². The van der Waals surface area contributed by atoms with Crippen molar-refractivity contribution >= 4 is 27.9 Å². The summed E-state index contributed by atoms with van der Waals surface area (Å²) in [5, 5.41) is -1.54. The summed E-state index contributed by atoms with van der Waals surface area (Å²) in [6.07, 6.45) is -0.0256. The summed E-state index contributed by atoms with van der Waals surface area (Å²) in [5.74, 6) is -2.75. The maximum Gasteiger partial charge on any atom is 0.353 e. The van der Waals surface area contributed by atoms with E-state index in [4.69, 9.17) is 4.55 Å². The van der Waals surface area contributed by atoms with Gasteiger partial charge in [0.15, 0.2) is 5.25 Å². The molecule has 1 heterocycles. The molecule has 1 N–H and O–H groups in total. The molecule has 102 valence electrons. The van der Waals surface area contributed by atoms with Crippen LogP contribution in [0.25, 0.3) is 0 Å². The minimum absolute atomic E-state index is 0.0869. The molecule has 1 saturated heterocycles. The normalized spacial score (nSPS) is 18.0. The molecule has 9 heteroatoms. The minimum Gasteiger partial charge on any atom is -0.329 e. The summed E-state index contributed by atoms with van der Waals surface area (Å²) in [4.78, 5) is 38.3. The molecule has 0 aromatic heterocycles. The van der Waals surface area contributed by atoms with E-state index in [1.165, 1.54) is 0 Å². The third-order valence-electron chi connectivity index (χ3n) is 2.36. The Morgan fingerprint density at radius 1 is 1.39 bits per heavy atom. The largest absolute Gasteiger partial charge is 0.353 e. The van der Waals surface area contributed by atoms with Gasteiger partial charge in [-0.2, -0.15) is 8.42 Å². The van der Waals surface area contributed by atoms with E-state index >= 15 is 0 Å². The van der Waals surface area contributed by atoms with Crippen molar-refractivity contribution in [2.45, 2.75) is 37.9 Å². The lowest BCUT2D eigenvalue weighted by atomic mass is 10.2. The number of hydrogen-bond donors (Lipinski definition) is 1. The molecule has 1 atom stereocenters. The Bertz CT molecular complexity index is 453. The third-order valence-corrected chi connectivity index (χ3v) is 3.51. The molecule has 1 rings (SSSR count). The number of hydroxylamine groups is 2. The molecule has 0 bridgehead atoms. The topological polar surface area (TPSA) is 118 Å². The van der Waals surface area contributed by atoms with Crippen molar-refractivity contribution in [3.63, 3.8) is 0 Å². The van der Waals surface area contributed by atoms with Gasteiger partial charge < -0.3 is 4.84 Å². The Labute approximate surface area is 104 Å². The first-order chi connectivity index (χ1) is 8.27. The van der Waals surface area contributed by atoms with Crippen molar-refractivity contribution in [2.75, 3.05) is 0 Å². The van der Waals surface area contributed by atoms with Gasteiger partial charge >= 0.3 is 5.97 Å². The van der Waals surface area contributed by atoms with Crippen LogP contribution in [0.1, 0.15) is 32.6 Å². The molecule has 1 unspecified atom stereocenters. The molecule has 1 aliphatic rings. The lowest BCUT2D eigenvalue weighted by Gasteiger charge is -2.16. The predicted molar refractivity (Wildman–Crippen MR) is 57.4 cm³/mol. The van der Waals surface area contributed by atoms with Gasteiger partial charge in [-0.3, -0.25) is 14.1 Å². The van der Waals surface area contributed by atoms with Gasteiger partial charge in [-0.25, -0.2) is 4.79 Å². The molecular weight excluding hydrogens is 266 g/mol. The SMILES string of the molecule is CCCC(C(=O)ON1C(=O)CCC1=O)S(=O)(=O)O. The predicted octanol–water partition coefficient (Wildman–Crippen LogP) is -0.350. The van der Waals surface area contributed by atoms with E-state index in [9.17, 15) is 22.8 Å². The smallest absolute Gasteiger partial charge is 0.329 e. The minimum atomic E-state index is -4.63. The van der Waals surface area contributed by atoms with Crippen LogP contribution < -0.4 is 0 Å². The molecular formula is C9H13NO7S. The van der Waals surface area contributed by atoms with Crippen molar-refractivity contribution in [3.05, 3.63) is 0 Å². The van der Waals surface area contributed by atoms with Crippen molar-refractivity contribution in [2.24, 2.45) is 0 Å². The molecule has 18 heavy (non-hydrogen) atoms. The van der Waals surface area contributed by atoms with Crippen LogP contribution in [0.2, 0.25) is 0 Å². The first-order valence-corrected chi connectivity index (χ1v) is 6.81. The summed E-state index contributed by atoms with van der Waals surface area (Å²) in [6, 6.07) is 0. The maximum atomic E-state index is 11.5. The molecule has 0 aliphatic carbocycles. The fourth-order valence-corrected chi connectivity index (χ4v) is 2.28. The van der Waals surface area contributed by atoms with Gasteiger partial charge in [-0.05, 0) is 6.42 Å². The summed E-state index contributed by atoms with van der Waals surface area (Å²) in [7, 11) is -4.63. The highest BCUT2D eigenvalue weighted by Crippen LogP contribution is 2.16. The van der Waals surface area contributed by atoms with E-state index in [1.54, 1.807) is 6.92 Å². The van der Waals surface area contributed by atoms with Crippen LogP contribution in [0.15, 0.2) is 0 Å². The standard InChI is InChI=1S/C9H13NO7S/c1-2-3-6(18(14,15)16)9(13)17-10-7(11)4-5-8(10)12/h6H,2-5H2,1H3,(H,14,15,16). The number of amides is 2. The van der Waals surface area contributed by atoms with E-state index in [0.717, 1.165) is 0 Å². The van der Waals surface area contributed by atoms with Gasteiger partial charge in [0.05, 0.1) is 0 Å². The molecule has 0 aromatic rings. The first-order valence-electron chi connectivity index (χ1n) is 5.31. The Balaban J connectivity index is 2.79. The summed E-state index contributed by atoms with van der Waals surface area (Å²) < 4.78 is 30.8. The average molecular weight is 279 g/mol. The Morgan fingerprint density at radius 3 is 2.28 bits per heavy atom. The van der Waals surface area contributed by atoms with Crippen LogP contribution in [0, 0.1) is 0 Å². The van der Waals surface area contributed by atoms with Gasteiger partial charge in [-0.1, -0.05) is 13.3 Å². The number of carbonyl (C=O) groups excluding carboxylic acids is 3. The zero-order chi connectivity index (χ0) is 13.9. The average Bonchev–Trinajstić information content (AvgIpc) is 2.55. The Hall–Kier alpha value is -1.48. The van der Waals surface area contributed by atoms with Gasteiger partial charge in [0.2, 0.25) is 0 Å². The fraction of sp³-hybridized carbons (Fsp3) is 0.667. The van der Waals surface area contributed by atoms with Crippen LogP contribution >= 0.6 is 0 Å². The van der Waals surface area contributed by atoms with E-state index in [-0.39, 0.29) is 24.3 Å². The lowest BCUT2D eigenvalue weighted by Crippen LogP contribution is -2.39. The van der Waals surface area contributed by atoms with Crippen LogP contribution in [0.4, 0.5) is 0 Å². The van der Waals surface area contributed by atoms with Crippen LogP contribution in [0.5, 0.6) is 0 Å². The summed E-state index contributed by atoms with van der Waals surface area (Å²) in [6.45, 7) is 1.61. The second-order valence-corrected chi connectivity index (χ2v) is 5.38. The quantitative estimate of drug-likeness (QED) is 0.539. The third kappa shape index (κ3) is 3.26. The highest BCUT2D eigenvalue weighted by molar-refractivity contribution is 7.87. The van der Waals surface area contributed by atoms with Gasteiger partial charge in [0.25, 0.3) is 21.9 Å². The van der Waals surface area contributed by atoms with Crippen molar-refractivity contribution in [1.82, 2.24) is 5.06 Å². The van der Waals surface area contributed by atoms with Crippen LogP contribution in [-0.4, -0.2) is 41.1 Å². The fourth-order valence-electron chi connectivity index (χ4n) is 1.46. The van der Waals surface area contributed by atoms with E-state index < -0.39 is 33.2 Å². The Kier molecular flexibility index (Phi) is 4.41. The highest BCUT2D eigenvalue weighted by Gasteiger charge is 2.38. The summed E-state index contributed by atoms with van der Waals surface area (Å²) >= 11 is 0. The highest BCUT2D eigenvalue weighted by atomic mass is 32.2. The monoisotopic (exact) mass is 279 g/mol. The Morgan fingerprint density at radius 2 is 1.89 bits per heavy atom. The number of rotatable bonds is 5. The van der Waals surface area contributed by atoms with Gasteiger partial charge in [0.1, 0.15) is 0 Å². The zero-order valence-corrected chi connectivity index (χ0v) is 10.5. The van der Waals surface area contributed by atoms with E-state index in [1.807, 2.05) is 0 Å². The molecule has 0 spiro atoms. The number of imide groups is 1. The first kappa shape index (κ1) is 14.6. The number of nitrogens with zero attached hydrogens (tertiary/aromatic N) is 1. The lowest BCUT2D eigenvalue weighted by molar-refractivity contribution is -0.197. The van der Waals surface area contributed by atoms with Crippen LogP contribution in [0.3, 0.4) is 0 Å². The summed E-state index contributed by atoms with van der Waals surface area (Å²) in [5.41, 5.74) is 0.